The van der Waals surface area contributed by atoms with Crippen LogP contribution >= 0.6 is 11.6 Å². The molecule has 1 aromatic heterocycles. The van der Waals surface area contributed by atoms with Gasteiger partial charge in [-0.2, -0.15) is 4.98 Å². The van der Waals surface area contributed by atoms with E-state index in [1.807, 2.05) is 13.8 Å². The molecule has 0 bridgehead atoms. The van der Waals surface area contributed by atoms with Gasteiger partial charge in [0.15, 0.2) is 0 Å². The van der Waals surface area contributed by atoms with Gasteiger partial charge in [0.05, 0.1) is 6.10 Å². The van der Waals surface area contributed by atoms with Crippen molar-refractivity contribution >= 4 is 11.6 Å². The van der Waals surface area contributed by atoms with Crippen LogP contribution in [0.25, 0.3) is 0 Å². The largest absolute Gasteiger partial charge is 0.462 e. The van der Waals surface area contributed by atoms with Crippen LogP contribution in [0.4, 0.5) is 0 Å². The third-order valence-electron chi connectivity index (χ3n) is 1.40. The highest BCUT2D eigenvalue weighted by Crippen LogP contribution is 2.09. The molecule has 1 heterocycles. The van der Waals surface area contributed by atoms with Crippen LogP contribution in [0.5, 0.6) is 6.01 Å². The number of hydrogen-bond acceptors (Lipinski definition) is 3. The molecule has 0 N–H and O–H groups in total. The van der Waals surface area contributed by atoms with Crippen LogP contribution in [0.1, 0.15) is 13.8 Å². The molecule has 0 aromatic carbocycles. The first-order chi connectivity index (χ1) is 6.00. The molecule has 0 saturated carbocycles. The van der Waals surface area contributed by atoms with Crippen molar-refractivity contribution in [1.29, 1.82) is 0 Å². The van der Waals surface area contributed by atoms with E-state index in [-0.39, 0.29) is 22.8 Å². The van der Waals surface area contributed by atoms with Crippen molar-refractivity contribution in [2.24, 2.45) is 7.05 Å². The Labute approximate surface area is 81.1 Å². The van der Waals surface area contributed by atoms with Gasteiger partial charge in [-0.3, -0.25) is 9.36 Å². The number of nitrogens with zero attached hydrogens (tertiary/aromatic N) is 2. The molecule has 0 unspecified atom stereocenters. The van der Waals surface area contributed by atoms with E-state index >= 15 is 0 Å². The molecule has 0 spiro atoms. The monoisotopic (exact) mass is 202 g/mol. The van der Waals surface area contributed by atoms with Crippen molar-refractivity contribution in [3.8, 4) is 6.01 Å². The second-order valence-corrected chi connectivity index (χ2v) is 3.31. The molecule has 0 saturated heterocycles. The van der Waals surface area contributed by atoms with Gasteiger partial charge in [0.25, 0.3) is 5.56 Å². The molecule has 1 rings (SSSR count). The Bertz CT molecular complexity index is 360. The summed E-state index contributed by atoms with van der Waals surface area (Å²) in [6.45, 7) is 3.71. The second kappa shape index (κ2) is 3.79. The second-order valence-electron chi connectivity index (χ2n) is 2.93. The minimum Gasteiger partial charge on any atom is -0.462 e. The fraction of sp³-hybridized carbons (Fsp3) is 0.500. The van der Waals surface area contributed by atoms with Gasteiger partial charge in [-0.25, -0.2) is 0 Å². The van der Waals surface area contributed by atoms with Crippen LogP contribution in [-0.2, 0) is 7.05 Å². The Hall–Kier alpha value is -1.03. The smallest absolute Gasteiger partial charge is 0.300 e. The average molecular weight is 203 g/mol. The molecule has 0 atom stereocenters. The van der Waals surface area contributed by atoms with E-state index in [4.69, 9.17) is 16.3 Å². The lowest BCUT2D eigenvalue weighted by molar-refractivity contribution is 0.211. The Morgan fingerprint density at radius 3 is 2.77 bits per heavy atom. The molecule has 5 heteroatoms. The Morgan fingerprint density at radius 1 is 1.62 bits per heavy atom. The van der Waals surface area contributed by atoms with Crippen LogP contribution in [0.3, 0.4) is 0 Å². The van der Waals surface area contributed by atoms with E-state index < -0.39 is 0 Å². The summed E-state index contributed by atoms with van der Waals surface area (Å²) in [4.78, 5) is 15.1. The average Bonchev–Trinajstić information content (AvgIpc) is 1.98. The van der Waals surface area contributed by atoms with E-state index in [1.54, 1.807) is 7.05 Å². The minimum absolute atomic E-state index is 0.0310. The maximum Gasteiger partial charge on any atom is 0.300 e. The molecule has 4 nitrogen and oxygen atoms in total. The van der Waals surface area contributed by atoms with Gasteiger partial charge < -0.3 is 4.74 Å². The highest BCUT2D eigenvalue weighted by molar-refractivity contribution is 6.29. The van der Waals surface area contributed by atoms with Gasteiger partial charge in [-0.15, -0.1) is 0 Å². The van der Waals surface area contributed by atoms with Crippen LogP contribution in [0.2, 0.25) is 5.15 Å². The summed E-state index contributed by atoms with van der Waals surface area (Å²) in [6, 6.07) is 1.49. The molecule has 0 radical (unpaired) electrons. The minimum atomic E-state index is -0.226. The number of rotatable bonds is 2. The van der Waals surface area contributed by atoms with Crippen molar-refractivity contribution in [2.75, 3.05) is 0 Å². The van der Waals surface area contributed by atoms with E-state index in [1.165, 1.54) is 10.6 Å². The first-order valence-corrected chi connectivity index (χ1v) is 4.28. The summed E-state index contributed by atoms with van der Waals surface area (Å²) in [7, 11) is 1.59. The number of aromatic nitrogens is 2. The van der Waals surface area contributed by atoms with Crippen LogP contribution in [0.15, 0.2) is 10.9 Å². The summed E-state index contributed by atoms with van der Waals surface area (Å²) in [5, 5.41) is 0.152. The van der Waals surface area contributed by atoms with Crippen molar-refractivity contribution in [2.45, 2.75) is 20.0 Å². The fourth-order valence-corrected chi connectivity index (χ4v) is 0.973. The summed E-state index contributed by atoms with van der Waals surface area (Å²) in [6.07, 6.45) is -0.0310. The molecule has 0 aliphatic heterocycles. The van der Waals surface area contributed by atoms with E-state index in [0.717, 1.165) is 0 Å². The molecular formula is C8H11ClN2O2. The topological polar surface area (TPSA) is 44.1 Å². The molecule has 72 valence electrons. The highest BCUT2D eigenvalue weighted by Gasteiger charge is 2.06. The summed E-state index contributed by atoms with van der Waals surface area (Å²) >= 11 is 5.60. The van der Waals surface area contributed by atoms with Gasteiger partial charge >= 0.3 is 6.01 Å². The number of halogens is 1. The Kier molecular flexibility index (Phi) is 2.93. The molecule has 0 amide bonds. The predicted molar refractivity (Wildman–Crippen MR) is 50.3 cm³/mol. The molecule has 1 aromatic rings. The van der Waals surface area contributed by atoms with Crippen LogP contribution in [-0.4, -0.2) is 15.7 Å². The number of ether oxygens (including phenoxy) is 1. The van der Waals surface area contributed by atoms with Gasteiger partial charge in [0.2, 0.25) is 0 Å². The number of hydrogen-bond donors (Lipinski definition) is 0. The van der Waals surface area contributed by atoms with Gasteiger partial charge in [0.1, 0.15) is 5.15 Å². The normalized spacial score (nSPS) is 10.5. The molecule has 0 aliphatic carbocycles. The SMILES string of the molecule is CC(C)Oc1nc(Cl)cc(=O)n1C. The summed E-state index contributed by atoms with van der Waals surface area (Å²) in [5.74, 6) is 0. The quantitative estimate of drug-likeness (QED) is 0.678. The first-order valence-electron chi connectivity index (χ1n) is 3.91. The third-order valence-corrected chi connectivity index (χ3v) is 1.60. The van der Waals surface area contributed by atoms with Crippen molar-refractivity contribution in [3.05, 3.63) is 21.6 Å². The van der Waals surface area contributed by atoms with Gasteiger partial charge in [0, 0.05) is 13.1 Å². The summed E-state index contributed by atoms with van der Waals surface area (Å²) < 4.78 is 6.59. The van der Waals surface area contributed by atoms with Crippen LogP contribution < -0.4 is 10.3 Å². The first kappa shape index (κ1) is 10.1. The molecular weight excluding hydrogens is 192 g/mol. The lowest BCUT2D eigenvalue weighted by atomic mass is 10.5. The zero-order valence-corrected chi connectivity index (χ0v) is 8.50. The lowest BCUT2D eigenvalue weighted by Crippen LogP contribution is -2.21. The van der Waals surface area contributed by atoms with E-state index in [0.29, 0.717) is 0 Å². The van der Waals surface area contributed by atoms with E-state index in [9.17, 15) is 4.79 Å². The lowest BCUT2D eigenvalue weighted by Gasteiger charge is -2.11. The Balaban J connectivity index is 3.13. The Morgan fingerprint density at radius 2 is 2.23 bits per heavy atom. The van der Waals surface area contributed by atoms with Crippen LogP contribution in [0, 0.1) is 0 Å². The highest BCUT2D eigenvalue weighted by atomic mass is 35.5. The molecule has 13 heavy (non-hydrogen) atoms. The molecule has 0 fully saturated rings. The van der Waals surface area contributed by atoms with Gasteiger partial charge in [-0.05, 0) is 13.8 Å². The third kappa shape index (κ3) is 2.45. The predicted octanol–water partition coefficient (Wildman–Crippen LogP) is 1.22. The van der Waals surface area contributed by atoms with Crippen molar-refractivity contribution in [1.82, 2.24) is 9.55 Å². The van der Waals surface area contributed by atoms with Crippen molar-refractivity contribution < 1.29 is 4.74 Å². The fourth-order valence-electron chi connectivity index (χ4n) is 0.808. The zero-order valence-electron chi connectivity index (χ0n) is 7.74. The standard InChI is InChI=1S/C8H11ClN2O2/c1-5(2)13-8-10-6(9)4-7(12)11(8)3/h4-5H,1-3H3. The maximum absolute atomic E-state index is 11.2. The summed E-state index contributed by atoms with van der Waals surface area (Å²) in [5.41, 5.74) is -0.226. The molecule has 0 aliphatic rings. The maximum atomic E-state index is 11.2. The van der Waals surface area contributed by atoms with Crippen molar-refractivity contribution in [3.63, 3.8) is 0 Å². The van der Waals surface area contributed by atoms with Gasteiger partial charge in [-0.1, -0.05) is 11.6 Å². The van der Waals surface area contributed by atoms with E-state index in [2.05, 4.69) is 4.98 Å². The zero-order chi connectivity index (χ0) is 10.0.